The third-order valence-corrected chi connectivity index (χ3v) is 4.21. The van der Waals surface area contributed by atoms with E-state index in [2.05, 4.69) is 5.32 Å². The molecule has 1 aliphatic heterocycles. The van der Waals surface area contributed by atoms with Crippen molar-refractivity contribution < 1.29 is 9.59 Å². The summed E-state index contributed by atoms with van der Waals surface area (Å²) in [5.41, 5.74) is 2.54. The molecule has 0 saturated heterocycles. The summed E-state index contributed by atoms with van der Waals surface area (Å²) in [5, 5.41) is 2.99. The fraction of sp³-hybridized carbons (Fsp3) is 0.263. The summed E-state index contributed by atoms with van der Waals surface area (Å²) in [5.74, 6) is -0.0633. The highest BCUT2D eigenvalue weighted by Crippen LogP contribution is 2.37. The largest absolute Gasteiger partial charge is 0.349 e. The van der Waals surface area contributed by atoms with Gasteiger partial charge in [0.05, 0.1) is 6.04 Å². The van der Waals surface area contributed by atoms with Crippen molar-refractivity contribution in [3.05, 3.63) is 65.7 Å². The number of hydrogen-bond acceptors (Lipinski definition) is 2. The Morgan fingerprint density at radius 3 is 2.39 bits per heavy atom. The number of carbonyl (C=O) groups is 2. The van der Waals surface area contributed by atoms with Crippen molar-refractivity contribution in [1.29, 1.82) is 0 Å². The molecule has 2 aromatic rings. The number of benzene rings is 2. The number of nitrogens with one attached hydrogen (secondary N) is 1. The molecule has 4 heteroatoms. The van der Waals surface area contributed by atoms with Gasteiger partial charge in [-0.05, 0) is 37.1 Å². The molecule has 1 heterocycles. The van der Waals surface area contributed by atoms with E-state index in [4.69, 9.17) is 0 Å². The van der Waals surface area contributed by atoms with Gasteiger partial charge in [-0.1, -0.05) is 36.4 Å². The molecule has 0 bridgehead atoms. The van der Waals surface area contributed by atoms with E-state index in [1.165, 1.54) is 6.92 Å². The highest BCUT2D eigenvalue weighted by molar-refractivity contribution is 6.07. The number of anilines is 1. The van der Waals surface area contributed by atoms with E-state index in [1.54, 1.807) is 0 Å². The quantitative estimate of drug-likeness (QED) is 0.925. The van der Waals surface area contributed by atoms with Gasteiger partial charge in [-0.15, -0.1) is 0 Å². The van der Waals surface area contributed by atoms with Gasteiger partial charge in [0, 0.05) is 24.2 Å². The molecule has 2 amide bonds. The molecule has 1 aliphatic rings. The molecule has 0 radical (unpaired) electrons. The molecule has 23 heavy (non-hydrogen) atoms. The van der Waals surface area contributed by atoms with Crippen molar-refractivity contribution >= 4 is 17.5 Å². The van der Waals surface area contributed by atoms with Crippen LogP contribution < -0.4 is 10.2 Å². The van der Waals surface area contributed by atoms with Gasteiger partial charge in [-0.2, -0.15) is 0 Å². The van der Waals surface area contributed by atoms with E-state index < -0.39 is 0 Å². The fourth-order valence-electron chi connectivity index (χ4n) is 3.22. The van der Waals surface area contributed by atoms with Crippen LogP contribution >= 0.6 is 0 Å². The standard InChI is InChI=1S/C19H20N2O2/c1-13-12-17(20-14(2)22)16-10-6-7-11-18(16)21(13)19(23)15-8-4-3-5-9-15/h3-11,13,17H,12H2,1-2H3,(H,20,22)/t13-,17+/m1/s1. The molecule has 0 spiro atoms. The lowest BCUT2D eigenvalue weighted by molar-refractivity contribution is -0.119. The first-order valence-corrected chi connectivity index (χ1v) is 7.82. The minimum absolute atomic E-state index is 0.00757. The van der Waals surface area contributed by atoms with Crippen molar-refractivity contribution in [3.8, 4) is 0 Å². The van der Waals surface area contributed by atoms with Gasteiger partial charge in [0.25, 0.3) is 5.91 Å². The zero-order valence-electron chi connectivity index (χ0n) is 13.3. The number of fused-ring (bicyclic) bond motifs is 1. The van der Waals surface area contributed by atoms with Crippen LogP contribution in [0.3, 0.4) is 0 Å². The number of amides is 2. The van der Waals surface area contributed by atoms with Gasteiger partial charge < -0.3 is 10.2 Å². The van der Waals surface area contributed by atoms with E-state index in [0.29, 0.717) is 12.0 Å². The lowest BCUT2D eigenvalue weighted by atomic mass is 9.91. The summed E-state index contributed by atoms with van der Waals surface area (Å²) in [6.07, 6.45) is 0.704. The van der Waals surface area contributed by atoms with E-state index in [9.17, 15) is 9.59 Å². The first kappa shape index (κ1) is 15.3. The summed E-state index contributed by atoms with van der Waals surface area (Å²) in [6, 6.07) is 17.0. The summed E-state index contributed by atoms with van der Waals surface area (Å²) < 4.78 is 0. The van der Waals surface area contributed by atoms with Crippen LogP contribution in [-0.2, 0) is 4.79 Å². The second-order valence-electron chi connectivity index (χ2n) is 5.94. The number of hydrogen-bond donors (Lipinski definition) is 1. The van der Waals surface area contributed by atoms with Crippen LogP contribution in [0.25, 0.3) is 0 Å². The van der Waals surface area contributed by atoms with Gasteiger partial charge >= 0.3 is 0 Å². The first-order valence-electron chi connectivity index (χ1n) is 7.82. The second kappa shape index (κ2) is 6.24. The number of para-hydroxylation sites is 1. The molecule has 118 valence electrons. The Hall–Kier alpha value is -2.62. The molecule has 0 saturated carbocycles. The van der Waals surface area contributed by atoms with E-state index in [1.807, 2.05) is 66.4 Å². The smallest absolute Gasteiger partial charge is 0.258 e. The van der Waals surface area contributed by atoms with Crippen molar-refractivity contribution in [1.82, 2.24) is 5.32 Å². The minimum Gasteiger partial charge on any atom is -0.349 e. The van der Waals surface area contributed by atoms with Crippen LogP contribution in [-0.4, -0.2) is 17.9 Å². The topological polar surface area (TPSA) is 49.4 Å². The minimum atomic E-state index is -0.0569. The molecule has 2 aromatic carbocycles. The van der Waals surface area contributed by atoms with Crippen molar-refractivity contribution in [2.45, 2.75) is 32.4 Å². The molecule has 0 aliphatic carbocycles. The van der Waals surface area contributed by atoms with Crippen LogP contribution in [0.4, 0.5) is 5.69 Å². The van der Waals surface area contributed by atoms with E-state index in [-0.39, 0.29) is 23.9 Å². The first-order chi connectivity index (χ1) is 11.1. The van der Waals surface area contributed by atoms with Gasteiger partial charge in [0.2, 0.25) is 5.91 Å². The van der Waals surface area contributed by atoms with E-state index >= 15 is 0 Å². The van der Waals surface area contributed by atoms with Crippen molar-refractivity contribution in [2.24, 2.45) is 0 Å². The van der Waals surface area contributed by atoms with Crippen LogP contribution in [0, 0.1) is 0 Å². The van der Waals surface area contributed by atoms with Crippen molar-refractivity contribution in [2.75, 3.05) is 4.90 Å². The highest BCUT2D eigenvalue weighted by Gasteiger charge is 2.34. The summed E-state index contributed by atoms with van der Waals surface area (Å²) in [6.45, 7) is 3.54. The zero-order chi connectivity index (χ0) is 16.4. The Labute approximate surface area is 136 Å². The Bertz CT molecular complexity index is 727. The van der Waals surface area contributed by atoms with E-state index in [0.717, 1.165) is 11.3 Å². The molecule has 3 rings (SSSR count). The van der Waals surface area contributed by atoms with Gasteiger partial charge in [0.1, 0.15) is 0 Å². The Balaban J connectivity index is 2.01. The van der Waals surface area contributed by atoms with Gasteiger partial charge in [-0.3, -0.25) is 9.59 Å². The molecule has 0 fully saturated rings. The zero-order valence-corrected chi connectivity index (χ0v) is 13.3. The Morgan fingerprint density at radius 1 is 1.04 bits per heavy atom. The highest BCUT2D eigenvalue weighted by atomic mass is 16.2. The lowest BCUT2D eigenvalue weighted by Gasteiger charge is -2.39. The monoisotopic (exact) mass is 308 g/mol. The molecule has 1 N–H and O–H groups in total. The molecule has 0 aromatic heterocycles. The van der Waals surface area contributed by atoms with Crippen LogP contribution in [0.5, 0.6) is 0 Å². The van der Waals surface area contributed by atoms with Crippen molar-refractivity contribution in [3.63, 3.8) is 0 Å². The Kier molecular flexibility index (Phi) is 4.15. The summed E-state index contributed by atoms with van der Waals surface area (Å²) in [7, 11) is 0. The van der Waals surface area contributed by atoms with Crippen LogP contribution in [0.1, 0.15) is 42.2 Å². The average molecular weight is 308 g/mol. The Morgan fingerprint density at radius 2 is 1.70 bits per heavy atom. The fourth-order valence-corrected chi connectivity index (χ4v) is 3.22. The number of carbonyl (C=O) groups excluding carboxylic acids is 2. The maximum atomic E-state index is 12.9. The second-order valence-corrected chi connectivity index (χ2v) is 5.94. The predicted octanol–water partition coefficient (Wildman–Crippen LogP) is 3.30. The van der Waals surface area contributed by atoms with Crippen LogP contribution in [0.15, 0.2) is 54.6 Å². The maximum Gasteiger partial charge on any atom is 0.258 e. The average Bonchev–Trinajstić information content (AvgIpc) is 2.55. The third kappa shape index (κ3) is 2.97. The van der Waals surface area contributed by atoms with Gasteiger partial charge in [-0.25, -0.2) is 0 Å². The number of rotatable bonds is 2. The molecule has 0 unspecified atom stereocenters. The third-order valence-electron chi connectivity index (χ3n) is 4.21. The molecular weight excluding hydrogens is 288 g/mol. The molecule has 2 atom stereocenters. The lowest BCUT2D eigenvalue weighted by Crippen LogP contribution is -2.46. The summed E-state index contributed by atoms with van der Waals surface area (Å²) in [4.78, 5) is 26.3. The number of nitrogens with zero attached hydrogens (tertiary/aromatic N) is 1. The predicted molar refractivity (Wildman–Crippen MR) is 90.3 cm³/mol. The summed E-state index contributed by atoms with van der Waals surface area (Å²) >= 11 is 0. The van der Waals surface area contributed by atoms with Gasteiger partial charge in [0.15, 0.2) is 0 Å². The normalized spacial score (nSPS) is 19.8. The molecule has 4 nitrogen and oxygen atoms in total. The SMILES string of the molecule is CC(=O)N[C@H]1C[C@@H](C)N(C(=O)c2ccccc2)c2ccccc21. The maximum absolute atomic E-state index is 12.9. The van der Waals surface area contributed by atoms with Crippen LogP contribution in [0.2, 0.25) is 0 Å². The molecular formula is C19H20N2O2.